The van der Waals surface area contributed by atoms with E-state index >= 15 is 0 Å². The molecule has 57 heavy (non-hydrogen) atoms. The molecule has 12 rings (SSSR count). The summed E-state index contributed by atoms with van der Waals surface area (Å²) < 4.78 is 9.40. The first-order valence-electron chi connectivity index (χ1n) is 20.0. The number of nitrogens with zero attached hydrogens (tertiary/aromatic N) is 1. The van der Waals surface area contributed by atoms with E-state index in [4.69, 9.17) is 4.74 Å². The molecule has 1 aromatic heterocycles. The molecular formula is C55H37NO. The van der Waals surface area contributed by atoms with Crippen LogP contribution in [0.15, 0.2) is 194 Å². The van der Waals surface area contributed by atoms with Gasteiger partial charge in [0.1, 0.15) is 11.5 Å². The Bertz CT molecular complexity index is 3210. The SMILES string of the molecule is CC(c1ccc2c(c1)Oc1cc3c(c4cccc-2c14)c1ccccc1n3-c1ccccc1)[C@@H]1c2ccccc2-c2cc(-c3ccc(-c4ccccc4)cc3)ccc21. The maximum Gasteiger partial charge on any atom is 0.138 e. The highest BCUT2D eigenvalue weighted by molar-refractivity contribution is 6.25. The summed E-state index contributed by atoms with van der Waals surface area (Å²) in [4.78, 5) is 0. The van der Waals surface area contributed by atoms with Crippen LogP contribution in [0, 0.1) is 0 Å². The van der Waals surface area contributed by atoms with Crippen molar-refractivity contribution in [3.8, 4) is 61.7 Å². The van der Waals surface area contributed by atoms with Gasteiger partial charge < -0.3 is 9.30 Å². The van der Waals surface area contributed by atoms with Gasteiger partial charge in [0.15, 0.2) is 0 Å². The molecule has 1 aliphatic carbocycles. The molecule has 1 unspecified atom stereocenters. The molecule has 9 aromatic carbocycles. The fraction of sp³-hybridized carbons (Fsp3) is 0.0545. The van der Waals surface area contributed by atoms with Crippen LogP contribution in [0.2, 0.25) is 0 Å². The van der Waals surface area contributed by atoms with Crippen LogP contribution in [-0.2, 0) is 0 Å². The van der Waals surface area contributed by atoms with E-state index in [1.54, 1.807) is 0 Å². The quantitative estimate of drug-likeness (QED) is 0.172. The van der Waals surface area contributed by atoms with Crippen molar-refractivity contribution in [1.29, 1.82) is 0 Å². The number of rotatable bonds is 5. The van der Waals surface area contributed by atoms with Gasteiger partial charge in [-0.05, 0) is 97.3 Å². The molecule has 268 valence electrons. The summed E-state index contributed by atoms with van der Waals surface area (Å²) in [6, 6.07) is 71.0. The number of hydrogen-bond acceptors (Lipinski definition) is 1. The van der Waals surface area contributed by atoms with E-state index in [1.807, 2.05) is 0 Å². The van der Waals surface area contributed by atoms with E-state index in [0.29, 0.717) is 0 Å². The molecule has 2 nitrogen and oxygen atoms in total. The predicted octanol–water partition coefficient (Wildman–Crippen LogP) is 15.0. The van der Waals surface area contributed by atoms with Crippen LogP contribution >= 0.6 is 0 Å². The van der Waals surface area contributed by atoms with Gasteiger partial charge in [-0.3, -0.25) is 0 Å². The first-order chi connectivity index (χ1) is 28.2. The van der Waals surface area contributed by atoms with E-state index in [1.165, 1.54) is 82.7 Å². The van der Waals surface area contributed by atoms with Gasteiger partial charge in [0.2, 0.25) is 0 Å². The molecule has 0 spiro atoms. The maximum atomic E-state index is 7.02. The lowest BCUT2D eigenvalue weighted by molar-refractivity contribution is 0.485. The fourth-order valence-electron chi connectivity index (χ4n) is 9.95. The van der Waals surface area contributed by atoms with Gasteiger partial charge in [-0.2, -0.15) is 0 Å². The second-order valence-electron chi connectivity index (χ2n) is 15.6. The number of fused-ring (bicyclic) bond motifs is 9. The normalized spacial score (nSPS) is 14.3. The minimum atomic E-state index is 0.220. The lowest BCUT2D eigenvalue weighted by Gasteiger charge is -2.26. The molecule has 2 heteroatoms. The van der Waals surface area contributed by atoms with Crippen molar-refractivity contribution in [3.63, 3.8) is 0 Å². The van der Waals surface area contributed by atoms with Crippen molar-refractivity contribution in [3.05, 3.63) is 211 Å². The smallest absolute Gasteiger partial charge is 0.138 e. The second kappa shape index (κ2) is 12.4. The Balaban J connectivity index is 0.942. The summed E-state index contributed by atoms with van der Waals surface area (Å²) in [5.41, 5.74) is 17.5. The molecule has 2 aliphatic rings. The Hall–Kier alpha value is -7.16. The van der Waals surface area contributed by atoms with Gasteiger partial charge in [-0.25, -0.2) is 0 Å². The minimum absolute atomic E-state index is 0.220. The van der Waals surface area contributed by atoms with Crippen LogP contribution in [0.4, 0.5) is 0 Å². The summed E-state index contributed by atoms with van der Waals surface area (Å²) in [7, 11) is 0. The van der Waals surface area contributed by atoms with Crippen molar-refractivity contribution >= 4 is 32.6 Å². The lowest BCUT2D eigenvalue weighted by atomic mass is 9.80. The Kier molecular flexibility index (Phi) is 7.00. The van der Waals surface area contributed by atoms with Crippen LogP contribution in [-0.4, -0.2) is 4.57 Å². The number of ether oxygens (including phenoxy) is 1. The van der Waals surface area contributed by atoms with E-state index in [9.17, 15) is 0 Å². The first-order valence-corrected chi connectivity index (χ1v) is 20.0. The third-order valence-corrected chi connectivity index (χ3v) is 12.6. The Labute approximate surface area is 331 Å². The molecule has 0 saturated carbocycles. The van der Waals surface area contributed by atoms with Crippen molar-refractivity contribution < 1.29 is 4.74 Å². The summed E-state index contributed by atoms with van der Waals surface area (Å²) >= 11 is 0. The Morgan fingerprint density at radius 2 is 1.07 bits per heavy atom. The molecule has 0 bridgehead atoms. The molecule has 10 aromatic rings. The molecular weight excluding hydrogens is 691 g/mol. The average Bonchev–Trinajstić information content (AvgIpc) is 3.79. The molecule has 0 radical (unpaired) electrons. The molecule has 2 atom stereocenters. The van der Waals surface area contributed by atoms with E-state index < -0.39 is 0 Å². The van der Waals surface area contributed by atoms with E-state index in [-0.39, 0.29) is 11.8 Å². The highest BCUT2D eigenvalue weighted by Crippen LogP contribution is 2.54. The van der Waals surface area contributed by atoms with Crippen LogP contribution < -0.4 is 4.74 Å². The van der Waals surface area contributed by atoms with Crippen molar-refractivity contribution in [1.82, 2.24) is 4.57 Å². The van der Waals surface area contributed by atoms with Gasteiger partial charge in [0.25, 0.3) is 0 Å². The van der Waals surface area contributed by atoms with Gasteiger partial charge in [-0.1, -0.05) is 165 Å². The summed E-state index contributed by atoms with van der Waals surface area (Å²) in [6.45, 7) is 2.38. The standard InChI is InChI=1S/C55H37NO/c1-34(53-43-18-9-8-17-41(43)48-31-39(28-30-45(48)53)37-25-23-36(24-26-37)35-13-4-2-5-14-35)38-27-29-42-44-20-12-21-47-54-46-19-10-11-22-49(46)56(40-15-6-3-7-16-40)50(54)33-52(55(44)47)57-51(42)32-38/h2-34,53H,1H3/t34?,53-/m1/s1. The van der Waals surface area contributed by atoms with Crippen molar-refractivity contribution in [2.45, 2.75) is 18.8 Å². The maximum absolute atomic E-state index is 7.02. The lowest BCUT2D eigenvalue weighted by Crippen LogP contribution is -2.08. The largest absolute Gasteiger partial charge is 0.456 e. The third kappa shape index (κ3) is 4.84. The first kappa shape index (κ1) is 32.1. The third-order valence-electron chi connectivity index (χ3n) is 12.6. The van der Waals surface area contributed by atoms with Gasteiger partial charge in [-0.15, -0.1) is 0 Å². The predicted molar refractivity (Wildman–Crippen MR) is 237 cm³/mol. The average molecular weight is 728 g/mol. The Morgan fingerprint density at radius 1 is 0.421 bits per heavy atom. The zero-order chi connectivity index (χ0) is 37.6. The topological polar surface area (TPSA) is 14.2 Å². The highest BCUT2D eigenvalue weighted by atomic mass is 16.5. The zero-order valence-electron chi connectivity index (χ0n) is 31.5. The summed E-state index contributed by atoms with van der Waals surface area (Å²) in [5, 5.41) is 4.91. The number of benzene rings is 9. The van der Waals surface area contributed by atoms with Crippen molar-refractivity contribution in [2.75, 3.05) is 0 Å². The molecule has 0 N–H and O–H groups in total. The van der Waals surface area contributed by atoms with Crippen LogP contribution in [0.1, 0.15) is 35.4 Å². The number of hydrogen-bond donors (Lipinski definition) is 0. The van der Waals surface area contributed by atoms with Crippen LogP contribution in [0.5, 0.6) is 11.5 Å². The van der Waals surface area contributed by atoms with E-state index in [0.717, 1.165) is 28.3 Å². The van der Waals surface area contributed by atoms with Crippen LogP contribution in [0.25, 0.3) is 82.8 Å². The highest BCUT2D eigenvalue weighted by Gasteiger charge is 2.34. The molecule has 0 amide bonds. The van der Waals surface area contributed by atoms with Crippen molar-refractivity contribution in [2.24, 2.45) is 0 Å². The monoisotopic (exact) mass is 727 g/mol. The number of aromatic nitrogens is 1. The number of para-hydroxylation sites is 2. The minimum Gasteiger partial charge on any atom is -0.456 e. The fourth-order valence-corrected chi connectivity index (χ4v) is 9.95. The second-order valence-corrected chi connectivity index (χ2v) is 15.6. The molecule has 1 aliphatic heterocycles. The van der Waals surface area contributed by atoms with E-state index in [2.05, 4.69) is 206 Å². The van der Waals surface area contributed by atoms with Gasteiger partial charge >= 0.3 is 0 Å². The van der Waals surface area contributed by atoms with Crippen LogP contribution in [0.3, 0.4) is 0 Å². The summed E-state index contributed by atoms with van der Waals surface area (Å²) in [6.07, 6.45) is 0. The Morgan fingerprint density at radius 3 is 1.91 bits per heavy atom. The van der Waals surface area contributed by atoms with Gasteiger partial charge in [0.05, 0.1) is 11.0 Å². The molecule has 0 fully saturated rings. The molecule has 2 heterocycles. The van der Waals surface area contributed by atoms with Gasteiger partial charge in [0, 0.05) is 39.4 Å². The molecule has 0 saturated heterocycles. The summed E-state index contributed by atoms with van der Waals surface area (Å²) in [5.74, 6) is 2.27. The zero-order valence-corrected chi connectivity index (χ0v) is 31.5.